The highest BCUT2D eigenvalue weighted by atomic mass is 16.2. The van der Waals surface area contributed by atoms with Crippen LogP contribution in [0.15, 0.2) is 168 Å². The van der Waals surface area contributed by atoms with Crippen molar-refractivity contribution in [3.05, 3.63) is 169 Å². The molecule has 16 nitrogen and oxygen atoms in total. The fourth-order valence-electron chi connectivity index (χ4n) is 8.72. The van der Waals surface area contributed by atoms with Crippen LogP contribution in [0, 0.1) is 0 Å². The third-order valence-electron chi connectivity index (χ3n) is 12.7. The molecule has 8 aromatic rings. The number of unbranched alkanes of at least 4 members (excludes halogenated alkanes) is 6. The summed E-state index contributed by atoms with van der Waals surface area (Å²) in [5, 5.41) is 15.1. The number of quaternary nitrogens is 1. The number of hydrogen-bond acceptors (Lipinski definition) is 12. The van der Waals surface area contributed by atoms with Crippen LogP contribution < -0.4 is 42.6 Å². The molecule has 0 fully saturated rings. The van der Waals surface area contributed by atoms with Gasteiger partial charge in [-0.3, -0.25) is 14.9 Å². The molecule has 1 aliphatic rings. The predicted molar refractivity (Wildman–Crippen MR) is 295 cm³/mol. The van der Waals surface area contributed by atoms with Gasteiger partial charge in [0.05, 0.1) is 42.6 Å². The number of nitrogens with two attached hydrogens (primary N) is 3. The molecule has 9 rings (SSSR count). The molecule has 0 atom stereocenters. The minimum Gasteiger partial charge on any atom is -0.384 e. The van der Waals surface area contributed by atoms with Crippen molar-refractivity contribution in [1.82, 2.24) is 35.9 Å². The van der Waals surface area contributed by atoms with Gasteiger partial charge in [0.2, 0.25) is 16.7 Å². The SMILES string of the molecule is Nc1cc([NH2+]c2ccccc2)c(N=C2C=NC(NCCCCCCNC(=O)c3ccc(-c4ccc(C(=O)NCCCCCCNc5cc6c(cn5)nc5cnc(N)cc5[n+]6-c5ccccc5)cc4)cc3)=CC2)cn1. The number of nitrogens with zero attached hydrogens (tertiary/aromatic N) is 7. The maximum atomic E-state index is 12.9. The first-order chi connectivity index (χ1) is 36.3. The Balaban J connectivity index is 0.623. The molecule has 2 amide bonds. The molecule has 0 radical (unpaired) electrons. The van der Waals surface area contributed by atoms with Crippen molar-refractivity contribution in [2.45, 2.75) is 57.8 Å². The number of aliphatic imine (C=N–C) groups is 2. The highest BCUT2D eigenvalue weighted by Gasteiger charge is 2.21. The minimum absolute atomic E-state index is 0.0855. The van der Waals surface area contributed by atoms with Crippen molar-refractivity contribution in [3.8, 4) is 16.8 Å². The molecule has 374 valence electrons. The van der Waals surface area contributed by atoms with E-state index in [1.807, 2.05) is 121 Å². The molecule has 1 aliphatic heterocycles. The lowest BCUT2D eigenvalue weighted by Gasteiger charge is -2.11. The standard InChI is InChI=1S/C58H60N14O2/c59-53-33-47(69-44-15-7-5-8-16-44)48(37-65-53)70-45-27-28-55(67-36-45)61-29-11-1-3-13-31-63-57(73)42-23-19-40(20-24-42)41-21-25-43(26-22-41)58(74)64-32-14-4-2-12-30-62-56-35-52-50(39-68-56)71-49-38-66-54(60)34-51(49)72(52)46-17-9-6-10-18-46/h5-10,15-26,28,33-39,61H,1-4,11-14,27,29-32H2,(H7,59,60,62,63,64,65,66,67,68,69,73,74)/p+2. The third kappa shape index (κ3) is 13.5. The van der Waals surface area contributed by atoms with Gasteiger partial charge in [0.25, 0.3) is 11.8 Å². The molecule has 0 saturated carbocycles. The predicted octanol–water partition coefficient (Wildman–Crippen LogP) is 8.58. The minimum atomic E-state index is -0.0900. The van der Waals surface area contributed by atoms with Crippen LogP contribution in [0.4, 0.5) is 34.5 Å². The molecule has 5 heterocycles. The monoisotopic (exact) mass is 987 g/mol. The summed E-state index contributed by atoms with van der Waals surface area (Å²) in [5.74, 6) is 2.33. The smallest absolute Gasteiger partial charge is 0.251 e. The number of pyridine rings is 3. The second kappa shape index (κ2) is 25.0. The van der Waals surface area contributed by atoms with Gasteiger partial charge in [-0.1, -0.05) is 86.3 Å². The van der Waals surface area contributed by atoms with Crippen LogP contribution in [-0.2, 0) is 0 Å². The second-order valence-corrected chi connectivity index (χ2v) is 18.2. The first-order valence-electron chi connectivity index (χ1n) is 25.4. The van der Waals surface area contributed by atoms with Gasteiger partial charge in [0, 0.05) is 61.9 Å². The Morgan fingerprint density at radius 3 is 1.77 bits per heavy atom. The number of carbonyl (C=O) groups is 2. The number of anilines is 3. The summed E-state index contributed by atoms with van der Waals surface area (Å²) in [5.41, 5.74) is 23.1. The largest absolute Gasteiger partial charge is 0.384 e. The summed E-state index contributed by atoms with van der Waals surface area (Å²) in [6.07, 6.45) is 17.5. The Hall–Kier alpha value is -8.89. The maximum Gasteiger partial charge on any atom is 0.251 e. The highest BCUT2D eigenvalue weighted by Crippen LogP contribution is 2.25. The van der Waals surface area contributed by atoms with Crippen molar-refractivity contribution in [3.63, 3.8) is 0 Å². The number of fused-ring (bicyclic) bond motifs is 2. The molecule has 74 heavy (non-hydrogen) atoms. The molecular formula is C58H62N14O2+2. The van der Waals surface area contributed by atoms with E-state index in [4.69, 9.17) is 21.4 Å². The van der Waals surface area contributed by atoms with Crippen LogP contribution in [0.25, 0.3) is 38.9 Å². The summed E-state index contributed by atoms with van der Waals surface area (Å²) in [7, 11) is 0. The van der Waals surface area contributed by atoms with E-state index >= 15 is 0 Å². The summed E-state index contributed by atoms with van der Waals surface area (Å²) >= 11 is 0. The number of nitrogens with one attached hydrogen (secondary N) is 4. The number of aromatic nitrogens is 5. The molecule has 4 aromatic carbocycles. The number of benzene rings is 4. The van der Waals surface area contributed by atoms with E-state index in [2.05, 4.69) is 64.0 Å². The van der Waals surface area contributed by atoms with Crippen LogP contribution in [0.3, 0.4) is 0 Å². The van der Waals surface area contributed by atoms with Crippen LogP contribution in [0.2, 0.25) is 0 Å². The van der Waals surface area contributed by atoms with Gasteiger partial charge in [0.1, 0.15) is 34.6 Å². The van der Waals surface area contributed by atoms with Gasteiger partial charge in [-0.15, -0.1) is 4.57 Å². The van der Waals surface area contributed by atoms with E-state index in [9.17, 15) is 9.59 Å². The van der Waals surface area contributed by atoms with E-state index in [-0.39, 0.29) is 11.8 Å². The van der Waals surface area contributed by atoms with Crippen molar-refractivity contribution < 1.29 is 19.5 Å². The molecule has 0 aliphatic carbocycles. The van der Waals surface area contributed by atoms with E-state index in [1.54, 1.807) is 24.8 Å². The van der Waals surface area contributed by atoms with Gasteiger partial charge in [0.15, 0.2) is 16.7 Å². The summed E-state index contributed by atoms with van der Waals surface area (Å²) in [4.78, 5) is 53.1. The molecule has 10 N–H and O–H groups in total. The van der Waals surface area contributed by atoms with E-state index < -0.39 is 0 Å². The van der Waals surface area contributed by atoms with Gasteiger partial charge in [-0.05, 0) is 79.3 Å². The molecular weight excluding hydrogens is 925 g/mol. The number of carbonyl (C=O) groups excluding carboxylic acids is 2. The number of rotatable bonds is 23. The first kappa shape index (κ1) is 50.1. The number of para-hydroxylation sites is 2. The van der Waals surface area contributed by atoms with E-state index in [0.717, 1.165) is 138 Å². The zero-order valence-corrected chi connectivity index (χ0v) is 41.4. The molecule has 16 heteroatoms. The van der Waals surface area contributed by atoms with Gasteiger partial charge >= 0.3 is 0 Å². The number of hydrogen-bond donors (Lipinski definition) is 7. The Kier molecular flexibility index (Phi) is 16.9. The topological polar surface area (TPSA) is 231 Å². The molecule has 0 saturated heterocycles. The van der Waals surface area contributed by atoms with Crippen LogP contribution >= 0.6 is 0 Å². The van der Waals surface area contributed by atoms with Crippen LogP contribution in [0.1, 0.15) is 78.5 Å². The molecule has 0 bridgehead atoms. The first-order valence-corrected chi connectivity index (χ1v) is 25.4. The summed E-state index contributed by atoms with van der Waals surface area (Å²) < 4.78 is 2.14. The van der Waals surface area contributed by atoms with E-state index in [1.165, 1.54) is 0 Å². The fraction of sp³-hybridized carbons (Fsp3) is 0.224. The zero-order chi connectivity index (χ0) is 50.9. The Morgan fingerprint density at radius 1 is 0.595 bits per heavy atom. The quantitative estimate of drug-likeness (QED) is 0.0140. The lowest BCUT2D eigenvalue weighted by molar-refractivity contribution is -0.538. The number of nitrogen functional groups attached to an aromatic ring is 2. The average molecular weight is 987 g/mol. The number of allylic oxidation sites excluding steroid dienone is 1. The van der Waals surface area contributed by atoms with Crippen molar-refractivity contribution in [1.29, 1.82) is 0 Å². The Labute approximate surface area is 430 Å². The highest BCUT2D eigenvalue weighted by molar-refractivity contribution is 6.32. The van der Waals surface area contributed by atoms with Gasteiger partial charge < -0.3 is 32.7 Å². The van der Waals surface area contributed by atoms with Gasteiger partial charge in [-0.25, -0.2) is 29.9 Å². The fourth-order valence-corrected chi connectivity index (χ4v) is 8.72. The van der Waals surface area contributed by atoms with Crippen LogP contribution in [0.5, 0.6) is 0 Å². The van der Waals surface area contributed by atoms with Crippen molar-refractivity contribution in [2.75, 3.05) is 43.0 Å². The molecule has 4 aromatic heterocycles. The summed E-state index contributed by atoms with van der Waals surface area (Å²) in [6.45, 7) is 2.82. The van der Waals surface area contributed by atoms with Gasteiger partial charge in [-0.2, -0.15) is 0 Å². The van der Waals surface area contributed by atoms with Crippen molar-refractivity contribution >= 4 is 80.3 Å². The Bertz CT molecular complexity index is 3290. The zero-order valence-electron chi connectivity index (χ0n) is 41.4. The maximum absolute atomic E-state index is 12.9. The average Bonchev–Trinajstić information content (AvgIpc) is 3.43. The number of amides is 2. The van der Waals surface area contributed by atoms with E-state index in [0.29, 0.717) is 42.3 Å². The molecule has 0 spiro atoms. The Morgan fingerprint density at radius 2 is 1.15 bits per heavy atom. The lowest BCUT2D eigenvalue weighted by Crippen LogP contribution is -2.71. The normalized spacial score (nSPS) is 12.7. The lowest BCUT2D eigenvalue weighted by atomic mass is 10.0. The third-order valence-corrected chi connectivity index (χ3v) is 12.7. The van der Waals surface area contributed by atoms with Crippen LogP contribution in [-0.4, -0.2) is 69.9 Å². The molecule has 0 unspecified atom stereocenters. The second-order valence-electron chi connectivity index (χ2n) is 18.2. The summed E-state index contributed by atoms with van der Waals surface area (Å²) in [6, 6.07) is 41.0. The van der Waals surface area contributed by atoms with Crippen molar-refractivity contribution in [2.24, 2.45) is 9.98 Å².